The maximum Gasteiger partial charge on any atom is 0.140 e. The maximum absolute atomic E-state index is 10.2. The number of benzene rings is 2. The monoisotopic (exact) mass is 238 g/mol. The molecule has 1 unspecified atom stereocenters. The molecule has 3 rings (SSSR count). The van der Waals surface area contributed by atoms with E-state index in [-0.39, 0.29) is 0 Å². The average molecular weight is 238 g/mol. The number of fused-ring (bicyclic) bond motifs is 1. The van der Waals surface area contributed by atoms with E-state index in [1.54, 1.807) is 0 Å². The van der Waals surface area contributed by atoms with E-state index < -0.39 is 6.10 Å². The topological polar surface area (TPSA) is 29.5 Å². The van der Waals surface area contributed by atoms with Crippen molar-refractivity contribution in [2.24, 2.45) is 0 Å². The zero-order chi connectivity index (χ0) is 12.5. The van der Waals surface area contributed by atoms with Gasteiger partial charge in [-0.1, -0.05) is 48.0 Å². The van der Waals surface area contributed by atoms with E-state index in [1.807, 2.05) is 61.5 Å². The molecule has 0 aromatic heterocycles. The number of rotatable bonds is 1. The molecule has 0 saturated heterocycles. The lowest BCUT2D eigenvalue weighted by Gasteiger charge is -2.03. The summed E-state index contributed by atoms with van der Waals surface area (Å²) in [6.45, 7) is 2.05. The van der Waals surface area contributed by atoms with E-state index in [4.69, 9.17) is 4.74 Å². The van der Waals surface area contributed by atoms with Crippen LogP contribution in [0.3, 0.4) is 0 Å². The van der Waals surface area contributed by atoms with Gasteiger partial charge in [-0.2, -0.15) is 0 Å². The minimum absolute atomic E-state index is 0.583. The lowest BCUT2D eigenvalue weighted by atomic mass is 10.1. The molecular formula is C16H14O2. The third-order valence-electron chi connectivity index (χ3n) is 3.10. The van der Waals surface area contributed by atoms with Crippen molar-refractivity contribution in [2.75, 3.05) is 0 Å². The van der Waals surface area contributed by atoms with Crippen molar-refractivity contribution < 1.29 is 9.84 Å². The molecule has 2 aromatic rings. The van der Waals surface area contributed by atoms with Gasteiger partial charge in [-0.15, -0.1) is 0 Å². The molecule has 1 heterocycles. The van der Waals surface area contributed by atoms with Crippen LogP contribution in [0.15, 0.2) is 54.3 Å². The molecule has 0 bridgehead atoms. The van der Waals surface area contributed by atoms with Crippen LogP contribution >= 0.6 is 0 Å². The van der Waals surface area contributed by atoms with Gasteiger partial charge in [-0.25, -0.2) is 0 Å². The molecule has 0 radical (unpaired) electrons. The smallest absolute Gasteiger partial charge is 0.140 e. The molecule has 2 nitrogen and oxygen atoms in total. The zero-order valence-electron chi connectivity index (χ0n) is 10.1. The average Bonchev–Trinajstić information content (AvgIpc) is 2.70. The van der Waals surface area contributed by atoms with E-state index in [0.29, 0.717) is 5.76 Å². The first-order chi connectivity index (χ1) is 8.74. The van der Waals surface area contributed by atoms with Crippen LogP contribution in [0.25, 0.3) is 6.08 Å². The zero-order valence-corrected chi connectivity index (χ0v) is 10.1. The fourth-order valence-corrected chi connectivity index (χ4v) is 2.07. The molecule has 0 spiro atoms. The van der Waals surface area contributed by atoms with E-state index in [1.165, 1.54) is 5.56 Å². The normalized spacial score (nSPS) is 19.7. The van der Waals surface area contributed by atoms with Gasteiger partial charge < -0.3 is 9.84 Å². The number of aliphatic hydroxyl groups excluding tert-OH is 1. The molecule has 0 aliphatic carbocycles. The molecular weight excluding hydrogens is 224 g/mol. The fraction of sp³-hybridized carbons (Fsp3) is 0.125. The number of aliphatic hydroxyl groups is 1. The van der Waals surface area contributed by atoms with Crippen LogP contribution in [0.2, 0.25) is 0 Å². The molecule has 1 N–H and O–H groups in total. The summed E-state index contributed by atoms with van der Waals surface area (Å²) in [5.41, 5.74) is 3.08. The third kappa shape index (κ3) is 1.91. The Bertz CT molecular complexity index is 597. The Labute approximate surface area is 106 Å². The summed E-state index contributed by atoms with van der Waals surface area (Å²) in [4.78, 5) is 0. The SMILES string of the molecule is Cc1ccc(/C=C2\Oc3ccccc3C2O)cc1. The number of hydrogen-bond acceptors (Lipinski definition) is 2. The molecule has 0 amide bonds. The molecule has 18 heavy (non-hydrogen) atoms. The van der Waals surface area contributed by atoms with Gasteiger partial charge in [0.1, 0.15) is 17.6 Å². The largest absolute Gasteiger partial charge is 0.458 e. The first-order valence-corrected chi connectivity index (χ1v) is 5.97. The Balaban J connectivity index is 1.94. The summed E-state index contributed by atoms with van der Waals surface area (Å²) in [5.74, 6) is 1.32. The molecule has 1 aliphatic heterocycles. The second-order valence-corrected chi connectivity index (χ2v) is 4.50. The first-order valence-electron chi connectivity index (χ1n) is 5.97. The van der Waals surface area contributed by atoms with Gasteiger partial charge in [-0.05, 0) is 24.6 Å². The molecule has 0 saturated carbocycles. The Morgan fingerprint density at radius 3 is 2.50 bits per heavy atom. The number of para-hydroxylation sites is 1. The first kappa shape index (κ1) is 11.1. The predicted octanol–water partition coefficient (Wildman–Crippen LogP) is 3.46. The van der Waals surface area contributed by atoms with Gasteiger partial charge in [0, 0.05) is 5.56 Å². The highest BCUT2D eigenvalue weighted by Gasteiger charge is 2.26. The Morgan fingerprint density at radius 2 is 1.78 bits per heavy atom. The highest BCUT2D eigenvalue weighted by Crippen LogP contribution is 2.39. The second-order valence-electron chi connectivity index (χ2n) is 4.50. The highest BCUT2D eigenvalue weighted by molar-refractivity contribution is 5.57. The van der Waals surface area contributed by atoms with Crippen molar-refractivity contribution in [3.05, 3.63) is 71.0 Å². The van der Waals surface area contributed by atoms with Crippen LogP contribution < -0.4 is 4.74 Å². The van der Waals surface area contributed by atoms with Crippen LogP contribution in [0.1, 0.15) is 22.8 Å². The van der Waals surface area contributed by atoms with Crippen molar-refractivity contribution in [3.63, 3.8) is 0 Å². The van der Waals surface area contributed by atoms with Gasteiger partial charge in [0.25, 0.3) is 0 Å². The number of aryl methyl sites for hydroxylation is 1. The summed E-state index contributed by atoms with van der Waals surface area (Å²) < 4.78 is 5.66. The Morgan fingerprint density at radius 1 is 1.06 bits per heavy atom. The van der Waals surface area contributed by atoms with Crippen molar-refractivity contribution in [3.8, 4) is 5.75 Å². The van der Waals surface area contributed by atoms with E-state index in [9.17, 15) is 5.11 Å². The van der Waals surface area contributed by atoms with E-state index in [2.05, 4.69) is 0 Å². The molecule has 2 aromatic carbocycles. The molecule has 1 aliphatic rings. The van der Waals surface area contributed by atoms with Crippen molar-refractivity contribution in [1.82, 2.24) is 0 Å². The molecule has 90 valence electrons. The highest BCUT2D eigenvalue weighted by atomic mass is 16.5. The van der Waals surface area contributed by atoms with Crippen molar-refractivity contribution in [2.45, 2.75) is 13.0 Å². The van der Waals surface area contributed by atoms with Crippen LogP contribution in [0, 0.1) is 6.92 Å². The van der Waals surface area contributed by atoms with Crippen molar-refractivity contribution >= 4 is 6.08 Å². The number of ether oxygens (including phenoxy) is 1. The molecule has 0 fully saturated rings. The maximum atomic E-state index is 10.2. The van der Waals surface area contributed by atoms with Gasteiger partial charge in [0.2, 0.25) is 0 Å². The van der Waals surface area contributed by atoms with Gasteiger partial charge in [-0.3, -0.25) is 0 Å². The third-order valence-corrected chi connectivity index (χ3v) is 3.10. The van der Waals surface area contributed by atoms with Crippen LogP contribution in [-0.4, -0.2) is 5.11 Å². The summed E-state index contributed by atoms with van der Waals surface area (Å²) in [6.07, 6.45) is 1.21. The number of hydrogen-bond donors (Lipinski definition) is 1. The lowest BCUT2D eigenvalue weighted by Crippen LogP contribution is -1.96. The summed E-state index contributed by atoms with van der Waals surface area (Å²) in [5, 5.41) is 10.2. The van der Waals surface area contributed by atoms with E-state index >= 15 is 0 Å². The Kier molecular flexibility index (Phi) is 2.65. The summed E-state index contributed by atoms with van der Waals surface area (Å²) in [7, 11) is 0. The summed E-state index contributed by atoms with van der Waals surface area (Å²) >= 11 is 0. The van der Waals surface area contributed by atoms with Crippen molar-refractivity contribution in [1.29, 1.82) is 0 Å². The molecule has 2 heteroatoms. The van der Waals surface area contributed by atoms with Crippen LogP contribution in [0.5, 0.6) is 5.75 Å². The minimum Gasteiger partial charge on any atom is -0.458 e. The molecule has 1 atom stereocenters. The summed E-state index contributed by atoms with van der Waals surface area (Å²) in [6, 6.07) is 15.7. The van der Waals surface area contributed by atoms with E-state index in [0.717, 1.165) is 16.9 Å². The minimum atomic E-state index is -0.664. The lowest BCUT2D eigenvalue weighted by molar-refractivity contribution is 0.193. The van der Waals surface area contributed by atoms with Gasteiger partial charge >= 0.3 is 0 Å². The van der Waals surface area contributed by atoms with Crippen LogP contribution in [0.4, 0.5) is 0 Å². The fourth-order valence-electron chi connectivity index (χ4n) is 2.07. The van der Waals surface area contributed by atoms with Gasteiger partial charge in [0.05, 0.1) is 0 Å². The standard InChI is InChI=1S/C16H14O2/c1-11-6-8-12(9-7-11)10-15-16(17)13-4-2-3-5-14(13)18-15/h2-10,16-17H,1H3/b15-10-. The second kappa shape index (κ2) is 4.31. The Hall–Kier alpha value is -2.06. The van der Waals surface area contributed by atoms with Gasteiger partial charge in [0.15, 0.2) is 0 Å². The predicted molar refractivity (Wildman–Crippen MR) is 71.2 cm³/mol. The van der Waals surface area contributed by atoms with Crippen LogP contribution in [-0.2, 0) is 0 Å². The quantitative estimate of drug-likeness (QED) is 0.824.